The molecule has 0 aromatic heterocycles. The second-order valence-electron chi connectivity index (χ2n) is 6.10. The maximum atomic E-state index is 12.6. The van der Waals surface area contributed by atoms with Crippen molar-refractivity contribution >= 4 is 11.6 Å². The van der Waals surface area contributed by atoms with E-state index in [9.17, 15) is 9.90 Å². The van der Waals surface area contributed by atoms with Crippen LogP contribution < -0.4 is 5.32 Å². The molecule has 1 atom stereocenters. The fraction of sp³-hybridized carbons (Fsp3) is 0.588. The minimum absolute atomic E-state index is 0.0836. The number of hydrogen-bond donors (Lipinski definition) is 2. The lowest BCUT2D eigenvalue weighted by Crippen LogP contribution is -2.49. The highest BCUT2D eigenvalue weighted by Crippen LogP contribution is 2.29. The number of para-hydroxylation sites is 1. The smallest absolute Gasteiger partial charge is 0.241 e. The van der Waals surface area contributed by atoms with E-state index in [1.165, 1.54) is 18.4 Å². The van der Waals surface area contributed by atoms with Gasteiger partial charge in [-0.15, -0.1) is 0 Å². The van der Waals surface area contributed by atoms with Crippen molar-refractivity contribution in [3.8, 4) is 0 Å². The van der Waals surface area contributed by atoms with Crippen LogP contribution in [0.4, 0.5) is 5.69 Å². The summed E-state index contributed by atoms with van der Waals surface area (Å²) in [7, 11) is 0. The van der Waals surface area contributed by atoms with E-state index in [-0.39, 0.29) is 18.6 Å². The average Bonchev–Trinajstić information content (AvgIpc) is 2.96. The third kappa shape index (κ3) is 3.11. The summed E-state index contributed by atoms with van der Waals surface area (Å²) in [5.41, 5.74) is 2.16. The Morgan fingerprint density at radius 3 is 2.71 bits per heavy atom. The van der Waals surface area contributed by atoms with E-state index in [1.807, 2.05) is 18.2 Å². The maximum Gasteiger partial charge on any atom is 0.241 e. The number of nitrogens with one attached hydrogen (secondary N) is 1. The number of aliphatic hydroxyl groups is 1. The van der Waals surface area contributed by atoms with Crippen molar-refractivity contribution in [2.24, 2.45) is 0 Å². The Balaban J connectivity index is 1.79. The van der Waals surface area contributed by atoms with Gasteiger partial charge in [-0.3, -0.25) is 9.69 Å². The summed E-state index contributed by atoms with van der Waals surface area (Å²) >= 11 is 0. The van der Waals surface area contributed by atoms with Gasteiger partial charge in [-0.25, -0.2) is 0 Å². The summed E-state index contributed by atoms with van der Waals surface area (Å²) in [6, 6.07) is 8.38. The molecule has 1 aromatic rings. The Kier molecular flexibility index (Phi) is 4.56. The molecule has 4 nitrogen and oxygen atoms in total. The molecule has 3 rings (SSSR count). The van der Waals surface area contributed by atoms with E-state index in [2.05, 4.69) is 16.3 Å². The van der Waals surface area contributed by atoms with Crippen LogP contribution in [0.5, 0.6) is 0 Å². The number of rotatable bonds is 4. The van der Waals surface area contributed by atoms with Gasteiger partial charge >= 0.3 is 0 Å². The summed E-state index contributed by atoms with van der Waals surface area (Å²) in [4.78, 5) is 14.9. The van der Waals surface area contributed by atoms with Crippen LogP contribution in [0, 0.1) is 0 Å². The van der Waals surface area contributed by atoms with Crippen LogP contribution >= 0.6 is 0 Å². The first-order valence-corrected chi connectivity index (χ1v) is 8.05. The highest BCUT2D eigenvalue weighted by molar-refractivity contribution is 5.96. The maximum absolute atomic E-state index is 12.6. The van der Waals surface area contributed by atoms with Crippen LogP contribution in [0.15, 0.2) is 24.3 Å². The molecule has 2 aliphatic rings. The van der Waals surface area contributed by atoms with Crippen molar-refractivity contribution in [3.63, 3.8) is 0 Å². The molecule has 1 aliphatic carbocycles. The van der Waals surface area contributed by atoms with E-state index in [0.29, 0.717) is 12.6 Å². The van der Waals surface area contributed by atoms with Crippen LogP contribution in [0.3, 0.4) is 0 Å². The standard InChI is InChI=1S/C17H24N2O2/c20-12-11-19(14-6-2-3-7-14)16-10-9-13-5-1-4-8-15(13)18-17(16)21/h1,4-5,8,14,16,20H,2-3,6-7,9-12H2,(H,18,21). The SMILES string of the molecule is O=C1Nc2ccccc2CCC1N(CCO)C1CCCC1. The van der Waals surface area contributed by atoms with Gasteiger partial charge in [0.05, 0.1) is 12.6 Å². The summed E-state index contributed by atoms with van der Waals surface area (Å²) < 4.78 is 0. The number of aryl methyl sites for hydroxylation is 1. The van der Waals surface area contributed by atoms with Gasteiger partial charge < -0.3 is 10.4 Å². The first-order valence-electron chi connectivity index (χ1n) is 8.05. The van der Waals surface area contributed by atoms with Gasteiger partial charge in [-0.1, -0.05) is 31.0 Å². The summed E-state index contributed by atoms with van der Waals surface area (Å²) in [6.07, 6.45) is 6.52. The molecule has 0 spiro atoms. The number of nitrogens with zero attached hydrogens (tertiary/aromatic N) is 1. The molecular weight excluding hydrogens is 264 g/mol. The van der Waals surface area contributed by atoms with E-state index in [4.69, 9.17) is 0 Å². The molecule has 0 bridgehead atoms. The Hall–Kier alpha value is -1.39. The monoisotopic (exact) mass is 288 g/mol. The number of hydrogen-bond acceptors (Lipinski definition) is 3. The predicted molar refractivity (Wildman–Crippen MR) is 83.2 cm³/mol. The first kappa shape index (κ1) is 14.5. The fourth-order valence-electron chi connectivity index (χ4n) is 3.76. The number of aliphatic hydroxyl groups excluding tert-OH is 1. The Labute approximate surface area is 126 Å². The van der Waals surface area contributed by atoms with E-state index in [0.717, 1.165) is 31.4 Å². The zero-order chi connectivity index (χ0) is 14.7. The normalized spacial score (nSPS) is 23.0. The summed E-state index contributed by atoms with van der Waals surface area (Å²) in [6.45, 7) is 0.715. The van der Waals surface area contributed by atoms with Gasteiger partial charge in [0.25, 0.3) is 0 Å². The summed E-state index contributed by atoms with van der Waals surface area (Å²) in [5, 5.41) is 12.5. The molecule has 1 saturated carbocycles. The molecule has 0 radical (unpaired) electrons. The van der Waals surface area contributed by atoms with Crippen LogP contribution in [0.25, 0.3) is 0 Å². The Morgan fingerprint density at radius 1 is 1.19 bits per heavy atom. The van der Waals surface area contributed by atoms with E-state index < -0.39 is 0 Å². The molecule has 1 aromatic carbocycles. The highest BCUT2D eigenvalue weighted by Gasteiger charge is 2.34. The molecule has 1 heterocycles. The van der Waals surface area contributed by atoms with Gasteiger partial charge in [0, 0.05) is 18.3 Å². The van der Waals surface area contributed by atoms with Gasteiger partial charge in [0.15, 0.2) is 0 Å². The summed E-state index contributed by atoms with van der Waals surface area (Å²) in [5.74, 6) is 0.0836. The molecular formula is C17H24N2O2. The van der Waals surface area contributed by atoms with Gasteiger partial charge in [0.1, 0.15) is 0 Å². The van der Waals surface area contributed by atoms with Crippen LogP contribution in [0.1, 0.15) is 37.7 Å². The Morgan fingerprint density at radius 2 is 1.95 bits per heavy atom. The average molecular weight is 288 g/mol. The Bertz CT molecular complexity index is 497. The van der Waals surface area contributed by atoms with Crippen molar-refractivity contribution in [1.29, 1.82) is 0 Å². The zero-order valence-corrected chi connectivity index (χ0v) is 12.4. The second-order valence-corrected chi connectivity index (χ2v) is 6.10. The van der Waals surface area contributed by atoms with Crippen molar-refractivity contribution in [2.75, 3.05) is 18.5 Å². The minimum atomic E-state index is -0.118. The number of benzene rings is 1. The molecule has 1 aliphatic heterocycles. The molecule has 1 fully saturated rings. The minimum Gasteiger partial charge on any atom is -0.395 e. The van der Waals surface area contributed by atoms with E-state index in [1.54, 1.807) is 0 Å². The van der Waals surface area contributed by atoms with E-state index >= 15 is 0 Å². The number of fused-ring (bicyclic) bond motifs is 1. The molecule has 0 saturated heterocycles. The van der Waals surface area contributed by atoms with Gasteiger partial charge in [-0.2, -0.15) is 0 Å². The van der Waals surface area contributed by atoms with Crippen molar-refractivity contribution in [3.05, 3.63) is 29.8 Å². The fourth-order valence-corrected chi connectivity index (χ4v) is 3.76. The lowest BCUT2D eigenvalue weighted by molar-refractivity contribution is -0.122. The number of carbonyl (C=O) groups excluding carboxylic acids is 1. The van der Waals surface area contributed by atoms with Crippen LogP contribution in [-0.4, -0.2) is 41.1 Å². The largest absolute Gasteiger partial charge is 0.395 e. The van der Waals surface area contributed by atoms with Crippen molar-refractivity contribution in [2.45, 2.75) is 50.6 Å². The lowest BCUT2D eigenvalue weighted by Gasteiger charge is -2.34. The van der Waals surface area contributed by atoms with Crippen LogP contribution in [-0.2, 0) is 11.2 Å². The van der Waals surface area contributed by atoms with Crippen LogP contribution in [0.2, 0.25) is 0 Å². The molecule has 4 heteroatoms. The third-order valence-corrected chi connectivity index (χ3v) is 4.82. The highest BCUT2D eigenvalue weighted by atomic mass is 16.3. The van der Waals surface area contributed by atoms with Crippen molar-refractivity contribution in [1.82, 2.24) is 4.90 Å². The molecule has 2 N–H and O–H groups in total. The first-order chi connectivity index (χ1) is 10.3. The van der Waals surface area contributed by atoms with Crippen molar-refractivity contribution < 1.29 is 9.90 Å². The predicted octanol–water partition coefficient (Wildman–Crippen LogP) is 2.18. The van der Waals surface area contributed by atoms with Gasteiger partial charge in [-0.05, 0) is 37.3 Å². The molecule has 1 unspecified atom stereocenters. The molecule has 21 heavy (non-hydrogen) atoms. The second kappa shape index (κ2) is 6.58. The third-order valence-electron chi connectivity index (χ3n) is 4.82. The molecule has 1 amide bonds. The topological polar surface area (TPSA) is 52.6 Å². The van der Waals surface area contributed by atoms with Gasteiger partial charge in [0.2, 0.25) is 5.91 Å². The number of amides is 1. The zero-order valence-electron chi connectivity index (χ0n) is 12.4. The molecule has 114 valence electrons. The lowest BCUT2D eigenvalue weighted by atomic mass is 10.0. The quantitative estimate of drug-likeness (QED) is 0.893. The number of carbonyl (C=O) groups is 1. The number of anilines is 1.